The lowest BCUT2D eigenvalue weighted by molar-refractivity contribution is -0.137. The zero-order valence-electron chi connectivity index (χ0n) is 6.47. The van der Waals surface area contributed by atoms with Gasteiger partial charge in [0.25, 0.3) is 0 Å². The number of unbranched alkanes of at least 4 members (excludes halogenated alkanes) is 2. The SMILES string of the molecule is C[B]CCCCCC(=O)O. The number of rotatable bonds is 6. The number of hydrogen-bond acceptors (Lipinski definition) is 1. The first-order chi connectivity index (χ1) is 4.77. The molecule has 0 saturated carbocycles. The molecule has 2 nitrogen and oxygen atoms in total. The van der Waals surface area contributed by atoms with Crippen LogP contribution in [0.15, 0.2) is 0 Å². The van der Waals surface area contributed by atoms with Gasteiger partial charge < -0.3 is 5.11 Å². The van der Waals surface area contributed by atoms with Crippen molar-refractivity contribution in [2.75, 3.05) is 0 Å². The minimum absolute atomic E-state index is 0.323. The molecule has 1 radical (unpaired) electrons. The maximum atomic E-state index is 10.0. The lowest BCUT2D eigenvalue weighted by Crippen LogP contribution is -1.93. The van der Waals surface area contributed by atoms with E-state index in [2.05, 4.69) is 7.28 Å². The quantitative estimate of drug-likeness (QED) is 0.452. The fraction of sp³-hybridized carbons (Fsp3) is 0.857. The highest BCUT2D eigenvalue weighted by molar-refractivity contribution is 6.33. The third kappa shape index (κ3) is 7.53. The largest absolute Gasteiger partial charge is 0.481 e. The summed E-state index contributed by atoms with van der Waals surface area (Å²) in [5.41, 5.74) is 0. The van der Waals surface area contributed by atoms with E-state index in [9.17, 15) is 4.79 Å². The summed E-state index contributed by atoms with van der Waals surface area (Å²) < 4.78 is 0. The molecule has 0 aliphatic rings. The molecule has 0 amide bonds. The molecule has 57 valence electrons. The predicted molar refractivity (Wildman–Crippen MR) is 42.5 cm³/mol. The molecule has 10 heavy (non-hydrogen) atoms. The Morgan fingerprint density at radius 2 is 2.10 bits per heavy atom. The first kappa shape index (κ1) is 9.53. The zero-order chi connectivity index (χ0) is 7.82. The van der Waals surface area contributed by atoms with E-state index >= 15 is 0 Å². The first-order valence-corrected chi connectivity index (χ1v) is 3.77. The molecule has 0 heterocycles. The normalized spacial score (nSPS) is 9.30. The van der Waals surface area contributed by atoms with Gasteiger partial charge in [0.05, 0.1) is 0 Å². The Bertz CT molecular complexity index is 93.6. The second-order valence-electron chi connectivity index (χ2n) is 2.40. The summed E-state index contributed by atoms with van der Waals surface area (Å²) in [5.74, 6) is -0.680. The zero-order valence-corrected chi connectivity index (χ0v) is 6.47. The Labute approximate surface area is 62.9 Å². The Morgan fingerprint density at radius 3 is 2.60 bits per heavy atom. The molecule has 1 N–H and O–H groups in total. The van der Waals surface area contributed by atoms with Gasteiger partial charge in [0.15, 0.2) is 0 Å². The molecule has 3 heteroatoms. The van der Waals surface area contributed by atoms with Crippen molar-refractivity contribution < 1.29 is 9.90 Å². The van der Waals surface area contributed by atoms with E-state index in [0.29, 0.717) is 6.42 Å². The smallest absolute Gasteiger partial charge is 0.303 e. The number of carboxylic acid groups (broad SMARTS) is 1. The molecule has 0 aromatic rings. The fourth-order valence-corrected chi connectivity index (χ4v) is 0.801. The summed E-state index contributed by atoms with van der Waals surface area (Å²) >= 11 is 0. The maximum Gasteiger partial charge on any atom is 0.303 e. The highest BCUT2D eigenvalue weighted by Crippen LogP contribution is 2.02. The summed E-state index contributed by atoms with van der Waals surface area (Å²) in [4.78, 5) is 10.0. The van der Waals surface area contributed by atoms with Crippen LogP contribution < -0.4 is 0 Å². The van der Waals surface area contributed by atoms with Crippen molar-refractivity contribution in [2.45, 2.75) is 38.8 Å². The van der Waals surface area contributed by atoms with Crippen LogP contribution >= 0.6 is 0 Å². The van der Waals surface area contributed by atoms with Gasteiger partial charge in [0.2, 0.25) is 0 Å². The number of carbonyl (C=O) groups is 1. The fourth-order valence-electron chi connectivity index (χ4n) is 0.801. The molecular weight excluding hydrogens is 127 g/mol. The molecule has 0 unspecified atom stereocenters. The number of hydrogen-bond donors (Lipinski definition) is 1. The van der Waals surface area contributed by atoms with E-state index in [0.717, 1.165) is 25.6 Å². The second kappa shape index (κ2) is 6.65. The van der Waals surface area contributed by atoms with Crippen LogP contribution in [0.3, 0.4) is 0 Å². The van der Waals surface area contributed by atoms with Crippen molar-refractivity contribution in [3.05, 3.63) is 0 Å². The Kier molecular flexibility index (Phi) is 6.34. The molecule has 0 aromatic heterocycles. The van der Waals surface area contributed by atoms with Gasteiger partial charge in [-0.05, 0) is 6.42 Å². The minimum Gasteiger partial charge on any atom is -0.481 e. The van der Waals surface area contributed by atoms with Crippen molar-refractivity contribution in [1.29, 1.82) is 0 Å². The highest BCUT2D eigenvalue weighted by Gasteiger charge is 1.94. The van der Waals surface area contributed by atoms with Gasteiger partial charge in [-0.2, -0.15) is 0 Å². The van der Waals surface area contributed by atoms with Crippen molar-refractivity contribution in [3.63, 3.8) is 0 Å². The van der Waals surface area contributed by atoms with Crippen molar-refractivity contribution in [1.82, 2.24) is 0 Å². The van der Waals surface area contributed by atoms with E-state index < -0.39 is 5.97 Å². The Morgan fingerprint density at radius 1 is 1.40 bits per heavy atom. The monoisotopic (exact) mass is 141 g/mol. The minimum atomic E-state index is -0.680. The van der Waals surface area contributed by atoms with Crippen LogP contribution in [0.1, 0.15) is 25.7 Å². The molecule has 0 saturated heterocycles. The molecular formula is C7H14BO2. The van der Waals surface area contributed by atoms with Gasteiger partial charge in [-0.1, -0.05) is 26.0 Å². The highest BCUT2D eigenvalue weighted by atomic mass is 16.4. The van der Waals surface area contributed by atoms with Crippen LogP contribution in [0.25, 0.3) is 0 Å². The third-order valence-corrected chi connectivity index (χ3v) is 1.38. The molecule has 0 aliphatic carbocycles. The average molecular weight is 141 g/mol. The van der Waals surface area contributed by atoms with Gasteiger partial charge >= 0.3 is 5.97 Å². The molecule has 0 atom stereocenters. The van der Waals surface area contributed by atoms with Crippen LogP contribution in [0.2, 0.25) is 13.1 Å². The predicted octanol–water partition coefficient (Wildman–Crippen LogP) is 1.80. The van der Waals surface area contributed by atoms with Crippen molar-refractivity contribution in [3.8, 4) is 0 Å². The summed E-state index contributed by atoms with van der Waals surface area (Å²) in [5, 5.41) is 8.26. The topological polar surface area (TPSA) is 37.3 Å². The van der Waals surface area contributed by atoms with E-state index in [1.807, 2.05) is 6.82 Å². The van der Waals surface area contributed by atoms with Gasteiger partial charge in [0.1, 0.15) is 7.28 Å². The van der Waals surface area contributed by atoms with Gasteiger partial charge in [-0.15, -0.1) is 0 Å². The average Bonchev–Trinajstić information content (AvgIpc) is 1.87. The van der Waals surface area contributed by atoms with Crippen molar-refractivity contribution >= 4 is 13.2 Å². The van der Waals surface area contributed by atoms with E-state index in [1.165, 1.54) is 0 Å². The van der Waals surface area contributed by atoms with Crippen LogP contribution in [-0.4, -0.2) is 18.4 Å². The van der Waals surface area contributed by atoms with Crippen LogP contribution in [-0.2, 0) is 4.79 Å². The van der Waals surface area contributed by atoms with E-state index in [1.54, 1.807) is 0 Å². The van der Waals surface area contributed by atoms with E-state index in [-0.39, 0.29) is 0 Å². The molecule has 0 aliphatic heterocycles. The summed E-state index contributed by atoms with van der Waals surface area (Å²) in [6.45, 7) is 2.02. The molecule has 0 rings (SSSR count). The Hall–Kier alpha value is -0.465. The maximum absolute atomic E-state index is 10.0. The molecule has 0 spiro atoms. The summed E-state index contributed by atoms with van der Waals surface area (Å²) in [7, 11) is 2.11. The lowest BCUT2D eigenvalue weighted by atomic mass is 9.76. The summed E-state index contributed by atoms with van der Waals surface area (Å²) in [6.07, 6.45) is 4.42. The second-order valence-corrected chi connectivity index (χ2v) is 2.40. The third-order valence-electron chi connectivity index (χ3n) is 1.38. The van der Waals surface area contributed by atoms with E-state index in [4.69, 9.17) is 5.11 Å². The van der Waals surface area contributed by atoms with Crippen molar-refractivity contribution in [2.24, 2.45) is 0 Å². The van der Waals surface area contributed by atoms with Gasteiger partial charge in [-0.25, -0.2) is 0 Å². The molecule has 0 aromatic carbocycles. The lowest BCUT2D eigenvalue weighted by Gasteiger charge is -1.94. The van der Waals surface area contributed by atoms with Crippen LogP contribution in [0.4, 0.5) is 0 Å². The first-order valence-electron chi connectivity index (χ1n) is 3.77. The number of carboxylic acids is 1. The van der Waals surface area contributed by atoms with Gasteiger partial charge in [0, 0.05) is 6.42 Å². The standard InChI is InChI=1S/C7H14BO2/c1-8-6-4-2-3-5-7(9)10/h2-6H2,1H3,(H,9,10). The Balaban J connectivity index is 2.84. The molecule has 0 fully saturated rings. The molecule has 0 bridgehead atoms. The summed E-state index contributed by atoms with van der Waals surface area (Å²) in [6, 6.07) is 0. The van der Waals surface area contributed by atoms with Crippen LogP contribution in [0, 0.1) is 0 Å². The van der Waals surface area contributed by atoms with Crippen LogP contribution in [0.5, 0.6) is 0 Å². The van der Waals surface area contributed by atoms with Gasteiger partial charge in [-0.3, -0.25) is 4.79 Å². The number of aliphatic carboxylic acids is 1.